The number of nitrogens with zero attached hydrogens (tertiary/aromatic N) is 4. The van der Waals surface area contributed by atoms with Crippen LogP contribution in [-0.4, -0.2) is 32.4 Å². The number of ether oxygens (including phenoxy) is 1. The summed E-state index contributed by atoms with van der Waals surface area (Å²) in [5.41, 5.74) is 1.35. The van der Waals surface area contributed by atoms with Gasteiger partial charge in [0.15, 0.2) is 17.8 Å². The molecule has 0 aliphatic carbocycles. The van der Waals surface area contributed by atoms with Crippen LogP contribution in [0.4, 0.5) is 0 Å². The monoisotopic (exact) mass is 372 g/mol. The maximum Gasteiger partial charge on any atom is 0.185 e. The third-order valence-corrected chi connectivity index (χ3v) is 3.94. The zero-order chi connectivity index (χ0) is 13.4. The number of imidazole rings is 1. The third kappa shape index (κ3) is 2.25. The first-order valence-corrected chi connectivity index (χ1v) is 7.27. The molecule has 1 aliphatic heterocycles. The van der Waals surface area contributed by atoms with Crippen molar-refractivity contribution in [3.63, 3.8) is 0 Å². The van der Waals surface area contributed by atoms with Crippen molar-refractivity contribution in [3.05, 3.63) is 15.3 Å². The Bertz CT molecular complexity index is 634. The van der Waals surface area contributed by atoms with Gasteiger partial charge < -0.3 is 4.74 Å². The number of hydrogen-bond donors (Lipinski definition) is 0. The molecule has 0 spiro atoms. The van der Waals surface area contributed by atoms with Gasteiger partial charge in [0.25, 0.3) is 0 Å². The summed E-state index contributed by atoms with van der Waals surface area (Å²) in [5.74, 6) is 1.03. The van der Waals surface area contributed by atoms with Crippen LogP contribution in [0.3, 0.4) is 0 Å². The van der Waals surface area contributed by atoms with Gasteiger partial charge in [0, 0.05) is 6.61 Å². The third-order valence-electron chi connectivity index (χ3n) is 3.19. The van der Waals surface area contributed by atoms with E-state index in [1.165, 1.54) is 0 Å². The van der Waals surface area contributed by atoms with E-state index in [-0.39, 0.29) is 6.23 Å². The van der Waals surface area contributed by atoms with Gasteiger partial charge in [-0.15, -0.1) is 0 Å². The van der Waals surface area contributed by atoms with Crippen molar-refractivity contribution in [3.8, 4) is 0 Å². The zero-order valence-electron chi connectivity index (χ0n) is 10.5. The SMILES string of the molecule is Cc1nc(I)c2nc(C=O)n(C3CCCCO3)c2n1. The number of aryl methyl sites for hydroxylation is 1. The molecule has 0 saturated carbocycles. The van der Waals surface area contributed by atoms with E-state index in [4.69, 9.17) is 4.74 Å². The van der Waals surface area contributed by atoms with Crippen molar-refractivity contribution in [2.75, 3.05) is 6.61 Å². The quantitative estimate of drug-likeness (QED) is 0.460. The van der Waals surface area contributed by atoms with E-state index in [1.54, 1.807) is 4.57 Å². The second kappa shape index (κ2) is 5.12. The summed E-state index contributed by atoms with van der Waals surface area (Å²) in [7, 11) is 0. The fraction of sp³-hybridized carbons (Fsp3) is 0.500. The lowest BCUT2D eigenvalue weighted by Crippen LogP contribution is -2.20. The van der Waals surface area contributed by atoms with Crippen molar-refractivity contribution < 1.29 is 9.53 Å². The van der Waals surface area contributed by atoms with Gasteiger partial charge in [-0.1, -0.05) is 0 Å². The van der Waals surface area contributed by atoms with Gasteiger partial charge in [0.05, 0.1) is 0 Å². The van der Waals surface area contributed by atoms with Gasteiger partial charge >= 0.3 is 0 Å². The maximum absolute atomic E-state index is 11.2. The first kappa shape index (κ1) is 12.9. The topological polar surface area (TPSA) is 69.9 Å². The molecule has 1 fully saturated rings. The number of fused-ring (bicyclic) bond motifs is 1. The minimum absolute atomic E-state index is 0.149. The molecule has 0 radical (unpaired) electrons. The van der Waals surface area contributed by atoms with Crippen molar-refractivity contribution in [2.24, 2.45) is 0 Å². The molecular formula is C12H13IN4O2. The van der Waals surface area contributed by atoms with Gasteiger partial charge in [-0.25, -0.2) is 15.0 Å². The standard InChI is InChI=1S/C12H13IN4O2/c1-7-14-11(13)10-12(15-7)17(8(6-18)16-10)9-4-2-3-5-19-9/h6,9H,2-5H2,1H3. The van der Waals surface area contributed by atoms with Crippen molar-refractivity contribution in [2.45, 2.75) is 32.4 Å². The largest absolute Gasteiger partial charge is 0.358 e. The van der Waals surface area contributed by atoms with Crippen molar-refractivity contribution in [1.29, 1.82) is 0 Å². The molecule has 1 atom stereocenters. The molecule has 7 heteroatoms. The van der Waals surface area contributed by atoms with Crippen LogP contribution in [0.1, 0.15) is 41.9 Å². The molecule has 3 heterocycles. The van der Waals surface area contributed by atoms with E-state index in [9.17, 15) is 4.79 Å². The Morgan fingerprint density at radius 2 is 2.21 bits per heavy atom. The summed E-state index contributed by atoms with van der Waals surface area (Å²) in [6, 6.07) is 0. The predicted octanol–water partition coefficient (Wildman–Crippen LogP) is 2.25. The second-order valence-corrected chi connectivity index (χ2v) is 5.53. The van der Waals surface area contributed by atoms with Gasteiger partial charge in [0.2, 0.25) is 0 Å². The molecule has 6 nitrogen and oxygen atoms in total. The molecule has 2 aromatic heterocycles. The summed E-state index contributed by atoms with van der Waals surface area (Å²) in [4.78, 5) is 24.3. The predicted molar refractivity (Wildman–Crippen MR) is 77.0 cm³/mol. The average Bonchev–Trinajstić information content (AvgIpc) is 2.78. The maximum atomic E-state index is 11.2. The highest BCUT2D eigenvalue weighted by molar-refractivity contribution is 14.1. The Hall–Kier alpha value is -1.09. The van der Waals surface area contributed by atoms with Gasteiger partial charge in [-0.3, -0.25) is 9.36 Å². The molecule has 3 rings (SSSR count). The van der Waals surface area contributed by atoms with Gasteiger partial charge in [-0.05, 0) is 48.8 Å². The molecule has 0 bridgehead atoms. The first-order chi connectivity index (χ1) is 9.20. The number of carbonyl (C=O) groups is 1. The molecule has 0 N–H and O–H groups in total. The Kier molecular flexibility index (Phi) is 3.48. The highest BCUT2D eigenvalue weighted by Crippen LogP contribution is 2.28. The van der Waals surface area contributed by atoms with Crippen LogP contribution in [0, 0.1) is 10.6 Å². The van der Waals surface area contributed by atoms with E-state index in [2.05, 4.69) is 37.5 Å². The van der Waals surface area contributed by atoms with Crippen molar-refractivity contribution >= 4 is 40.0 Å². The molecule has 0 amide bonds. The van der Waals surface area contributed by atoms with Crippen LogP contribution in [0.5, 0.6) is 0 Å². The normalized spacial score (nSPS) is 19.8. The molecule has 1 saturated heterocycles. The molecular weight excluding hydrogens is 359 g/mol. The molecule has 1 aliphatic rings. The summed E-state index contributed by atoms with van der Waals surface area (Å²) in [6.45, 7) is 2.55. The molecule has 100 valence electrons. The number of aldehydes is 1. The number of aromatic nitrogens is 4. The van der Waals surface area contributed by atoms with Crippen LogP contribution in [0.25, 0.3) is 11.2 Å². The summed E-state index contributed by atoms with van der Waals surface area (Å²) < 4.78 is 8.32. The van der Waals surface area contributed by atoms with E-state index in [0.29, 0.717) is 29.4 Å². The Morgan fingerprint density at radius 3 is 2.89 bits per heavy atom. The zero-order valence-corrected chi connectivity index (χ0v) is 12.6. The summed E-state index contributed by atoms with van der Waals surface area (Å²) in [6.07, 6.45) is 3.63. The number of rotatable bonds is 2. The molecule has 19 heavy (non-hydrogen) atoms. The van der Waals surface area contributed by atoms with Crippen LogP contribution in [0.15, 0.2) is 0 Å². The highest BCUT2D eigenvalue weighted by atomic mass is 127. The average molecular weight is 372 g/mol. The van der Waals surface area contributed by atoms with E-state index in [1.807, 2.05) is 6.92 Å². The lowest BCUT2D eigenvalue weighted by molar-refractivity contribution is -0.0306. The minimum atomic E-state index is -0.149. The lowest BCUT2D eigenvalue weighted by Gasteiger charge is -2.24. The van der Waals surface area contributed by atoms with E-state index >= 15 is 0 Å². The van der Waals surface area contributed by atoms with E-state index in [0.717, 1.165) is 29.2 Å². The van der Waals surface area contributed by atoms with Crippen LogP contribution in [-0.2, 0) is 4.74 Å². The van der Waals surface area contributed by atoms with Crippen LogP contribution in [0.2, 0.25) is 0 Å². The molecule has 2 aromatic rings. The molecule has 0 aromatic carbocycles. The number of hydrogen-bond acceptors (Lipinski definition) is 5. The highest BCUT2D eigenvalue weighted by Gasteiger charge is 2.24. The van der Waals surface area contributed by atoms with E-state index < -0.39 is 0 Å². The molecule has 1 unspecified atom stereocenters. The minimum Gasteiger partial charge on any atom is -0.358 e. The van der Waals surface area contributed by atoms with Crippen molar-refractivity contribution in [1.82, 2.24) is 19.5 Å². The lowest BCUT2D eigenvalue weighted by atomic mass is 10.2. The Morgan fingerprint density at radius 1 is 1.37 bits per heavy atom. The Labute approximate surface area is 123 Å². The smallest absolute Gasteiger partial charge is 0.185 e. The van der Waals surface area contributed by atoms with Crippen LogP contribution >= 0.6 is 22.6 Å². The van der Waals surface area contributed by atoms with Gasteiger partial charge in [0.1, 0.15) is 21.3 Å². The summed E-state index contributed by atoms with van der Waals surface area (Å²) in [5, 5.41) is 0. The van der Waals surface area contributed by atoms with Crippen LogP contribution < -0.4 is 0 Å². The first-order valence-electron chi connectivity index (χ1n) is 6.19. The fourth-order valence-corrected chi connectivity index (χ4v) is 3.06. The second-order valence-electron chi connectivity index (χ2n) is 4.51. The number of carbonyl (C=O) groups excluding carboxylic acids is 1. The fourth-order valence-electron chi connectivity index (χ4n) is 2.35. The number of halogens is 1. The Balaban J connectivity index is 2.22. The summed E-state index contributed by atoms with van der Waals surface area (Å²) >= 11 is 2.12. The van der Waals surface area contributed by atoms with Gasteiger partial charge in [-0.2, -0.15) is 0 Å².